The molecule has 0 bridgehead atoms. The smallest absolute Gasteiger partial charge is 0.0469 e. The van der Waals surface area contributed by atoms with Crippen molar-refractivity contribution in [1.82, 2.24) is 10.2 Å². The molecule has 1 atom stereocenters. The quantitative estimate of drug-likeness (QED) is 0.900. The first-order chi connectivity index (χ1) is 9.42. The Balaban J connectivity index is 1.55. The summed E-state index contributed by atoms with van der Waals surface area (Å²) in [4.78, 5) is 2.63. The molecule has 2 aliphatic rings. The van der Waals surface area contributed by atoms with Crippen LogP contribution in [0.4, 0.5) is 0 Å². The lowest BCUT2D eigenvalue weighted by Gasteiger charge is -2.36. The maximum absolute atomic E-state index is 5.45. The Labute approximate surface area is 115 Å². The van der Waals surface area contributed by atoms with Crippen LogP contribution in [0.2, 0.25) is 0 Å². The maximum atomic E-state index is 5.45. The fourth-order valence-electron chi connectivity index (χ4n) is 3.18. The minimum absolute atomic E-state index is 0.495. The summed E-state index contributed by atoms with van der Waals surface area (Å²) in [6, 6.07) is 11.3. The van der Waals surface area contributed by atoms with Crippen LogP contribution in [0.5, 0.6) is 0 Å². The van der Waals surface area contributed by atoms with E-state index in [1.165, 1.54) is 31.5 Å². The van der Waals surface area contributed by atoms with Crippen LogP contribution in [0.1, 0.15) is 24.4 Å². The normalized spacial score (nSPS) is 26.4. The van der Waals surface area contributed by atoms with Gasteiger partial charge in [-0.1, -0.05) is 30.3 Å². The fourth-order valence-corrected chi connectivity index (χ4v) is 3.18. The van der Waals surface area contributed by atoms with E-state index in [1.807, 2.05) is 0 Å². The zero-order valence-electron chi connectivity index (χ0n) is 11.6. The van der Waals surface area contributed by atoms with Gasteiger partial charge in [0, 0.05) is 45.4 Å². The second-order valence-corrected chi connectivity index (χ2v) is 5.73. The average Bonchev–Trinajstić information content (AvgIpc) is 2.49. The molecule has 2 fully saturated rings. The predicted molar refractivity (Wildman–Crippen MR) is 77.2 cm³/mol. The topological polar surface area (TPSA) is 24.5 Å². The lowest BCUT2D eigenvalue weighted by atomic mass is 9.98. The Morgan fingerprint density at radius 1 is 1.16 bits per heavy atom. The molecule has 1 unspecified atom stereocenters. The number of hydrogen-bond donors (Lipinski definition) is 1. The number of nitrogens with zero attached hydrogens (tertiary/aromatic N) is 1. The Bertz CT molecular complexity index is 376. The van der Waals surface area contributed by atoms with Gasteiger partial charge in [0.15, 0.2) is 0 Å². The lowest BCUT2D eigenvalue weighted by molar-refractivity contribution is 0.0480. The van der Waals surface area contributed by atoms with Crippen LogP contribution in [0, 0.1) is 5.92 Å². The van der Waals surface area contributed by atoms with E-state index >= 15 is 0 Å². The van der Waals surface area contributed by atoms with Crippen molar-refractivity contribution < 1.29 is 4.74 Å². The molecule has 1 aromatic rings. The van der Waals surface area contributed by atoms with Crippen molar-refractivity contribution in [1.29, 1.82) is 0 Å². The van der Waals surface area contributed by atoms with Crippen molar-refractivity contribution >= 4 is 0 Å². The van der Waals surface area contributed by atoms with E-state index in [0.29, 0.717) is 6.04 Å². The molecule has 0 spiro atoms. The first-order valence-electron chi connectivity index (χ1n) is 7.50. The first-order valence-corrected chi connectivity index (χ1v) is 7.50. The van der Waals surface area contributed by atoms with E-state index in [9.17, 15) is 0 Å². The van der Waals surface area contributed by atoms with Gasteiger partial charge in [-0.2, -0.15) is 0 Å². The van der Waals surface area contributed by atoms with Crippen LogP contribution in [-0.4, -0.2) is 44.3 Å². The highest BCUT2D eigenvalue weighted by molar-refractivity contribution is 5.19. The second-order valence-electron chi connectivity index (χ2n) is 5.73. The van der Waals surface area contributed by atoms with Gasteiger partial charge in [0.05, 0.1) is 0 Å². The molecule has 2 saturated heterocycles. The van der Waals surface area contributed by atoms with Crippen molar-refractivity contribution in [3.63, 3.8) is 0 Å². The summed E-state index contributed by atoms with van der Waals surface area (Å²) >= 11 is 0. The van der Waals surface area contributed by atoms with Gasteiger partial charge >= 0.3 is 0 Å². The molecule has 1 aromatic carbocycles. The van der Waals surface area contributed by atoms with Gasteiger partial charge in [-0.3, -0.25) is 4.90 Å². The molecular weight excluding hydrogens is 236 g/mol. The Morgan fingerprint density at radius 2 is 1.95 bits per heavy atom. The molecule has 3 heteroatoms. The summed E-state index contributed by atoms with van der Waals surface area (Å²) in [6.07, 6.45) is 2.47. The Hall–Kier alpha value is -0.900. The highest BCUT2D eigenvalue weighted by Crippen LogP contribution is 2.21. The van der Waals surface area contributed by atoms with Crippen molar-refractivity contribution in [3.05, 3.63) is 35.9 Å². The molecule has 0 saturated carbocycles. The number of rotatable bonds is 3. The third kappa shape index (κ3) is 3.56. The number of benzene rings is 1. The molecule has 1 N–H and O–H groups in total. The van der Waals surface area contributed by atoms with Gasteiger partial charge in [0.2, 0.25) is 0 Å². The molecule has 0 radical (unpaired) electrons. The van der Waals surface area contributed by atoms with Crippen molar-refractivity contribution in [2.75, 3.05) is 39.4 Å². The summed E-state index contributed by atoms with van der Waals surface area (Å²) in [5, 5.41) is 3.64. The van der Waals surface area contributed by atoms with Gasteiger partial charge in [0.1, 0.15) is 0 Å². The monoisotopic (exact) mass is 260 g/mol. The van der Waals surface area contributed by atoms with Crippen molar-refractivity contribution in [2.24, 2.45) is 5.92 Å². The van der Waals surface area contributed by atoms with E-state index in [0.717, 1.165) is 32.2 Å². The first kappa shape index (κ1) is 13.1. The van der Waals surface area contributed by atoms with E-state index in [1.54, 1.807) is 0 Å². The molecule has 19 heavy (non-hydrogen) atoms. The predicted octanol–water partition coefficient (Wildman–Crippen LogP) is 2.06. The van der Waals surface area contributed by atoms with E-state index < -0.39 is 0 Å². The highest BCUT2D eigenvalue weighted by Gasteiger charge is 2.23. The Morgan fingerprint density at radius 3 is 2.74 bits per heavy atom. The zero-order chi connectivity index (χ0) is 12.9. The number of ether oxygens (including phenoxy) is 1. The molecule has 2 heterocycles. The van der Waals surface area contributed by atoms with Crippen molar-refractivity contribution in [2.45, 2.75) is 18.9 Å². The van der Waals surface area contributed by atoms with E-state index in [-0.39, 0.29) is 0 Å². The largest absolute Gasteiger partial charge is 0.381 e. The molecule has 0 aliphatic carbocycles. The summed E-state index contributed by atoms with van der Waals surface area (Å²) < 4.78 is 5.45. The third-order valence-electron chi connectivity index (χ3n) is 4.32. The van der Waals surface area contributed by atoms with Crippen LogP contribution in [-0.2, 0) is 4.74 Å². The molecule has 3 rings (SSSR count). The fraction of sp³-hybridized carbons (Fsp3) is 0.625. The van der Waals surface area contributed by atoms with Gasteiger partial charge < -0.3 is 10.1 Å². The van der Waals surface area contributed by atoms with Crippen LogP contribution >= 0.6 is 0 Å². The molecular formula is C16H24N2O. The summed E-state index contributed by atoms with van der Waals surface area (Å²) in [7, 11) is 0. The minimum Gasteiger partial charge on any atom is -0.381 e. The summed E-state index contributed by atoms with van der Waals surface area (Å²) in [5.74, 6) is 0.836. The lowest BCUT2D eigenvalue weighted by Crippen LogP contribution is -2.47. The summed E-state index contributed by atoms with van der Waals surface area (Å²) in [6.45, 7) is 6.58. The van der Waals surface area contributed by atoms with E-state index in [2.05, 4.69) is 40.5 Å². The highest BCUT2D eigenvalue weighted by atomic mass is 16.5. The molecule has 0 aromatic heterocycles. The summed E-state index contributed by atoms with van der Waals surface area (Å²) in [5.41, 5.74) is 1.42. The van der Waals surface area contributed by atoms with Crippen LogP contribution < -0.4 is 5.32 Å². The molecule has 3 nitrogen and oxygen atoms in total. The maximum Gasteiger partial charge on any atom is 0.0469 e. The van der Waals surface area contributed by atoms with Gasteiger partial charge in [-0.15, -0.1) is 0 Å². The minimum atomic E-state index is 0.495. The molecule has 0 amide bonds. The Kier molecular flexibility index (Phi) is 4.49. The standard InChI is InChI=1S/C16H24N2O/c1-2-4-15(5-3-1)16-13-18(9-8-17-16)12-14-6-10-19-11-7-14/h1-5,14,16-17H,6-13H2. The van der Waals surface area contributed by atoms with Crippen LogP contribution in [0.25, 0.3) is 0 Å². The van der Waals surface area contributed by atoms with Gasteiger partial charge in [-0.05, 0) is 24.3 Å². The van der Waals surface area contributed by atoms with E-state index in [4.69, 9.17) is 4.74 Å². The number of nitrogens with one attached hydrogen (secondary N) is 1. The van der Waals surface area contributed by atoms with Gasteiger partial charge in [0.25, 0.3) is 0 Å². The number of piperazine rings is 1. The average molecular weight is 260 g/mol. The van der Waals surface area contributed by atoms with Crippen molar-refractivity contribution in [3.8, 4) is 0 Å². The number of hydrogen-bond acceptors (Lipinski definition) is 3. The van der Waals surface area contributed by atoms with Crippen LogP contribution in [0.15, 0.2) is 30.3 Å². The van der Waals surface area contributed by atoms with Gasteiger partial charge in [-0.25, -0.2) is 0 Å². The SMILES string of the molecule is c1ccc(C2CN(CC3CCOCC3)CCN2)cc1. The molecule has 2 aliphatic heterocycles. The second kappa shape index (κ2) is 6.51. The third-order valence-corrected chi connectivity index (χ3v) is 4.32. The zero-order valence-corrected chi connectivity index (χ0v) is 11.6. The molecule has 104 valence electrons. The van der Waals surface area contributed by atoms with Crippen LogP contribution in [0.3, 0.4) is 0 Å².